The molecule has 0 aliphatic carbocycles. The van der Waals surface area contributed by atoms with E-state index in [2.05, 4.69) is 21.2 Å². The van der Waals surface area contributed by atoms with Crippen molar-refractivity contribution in [2.45, 2.75) is 31.3 Å². The van der Waals surface area contributed by atoms with Crippen LogP contribution in [0, 0.1) is 0 Å². The summed E-state index contributed by atoms with van der Waals surface area (Å²) >= 11 is 9.51. The molecule has 0 spiro atoms. The third kappa shape index (κ3) is 6.87. The Balaban J connectivity index is 2.02. The summed E-state index contributed by atoms with van der Waals surface area (Å²) in [5.41, 5.74) is 1.03. The minimum Gasteiger partial charge on any atom is -0.355 e. The summed E-state index contributed by atoms with van der Waals surface area (Å²) in [5, 5.41) is 3.22. The lowest BCUT2D eigenvalue weighted by Crippen LogP contribution is -2.51. The lowest BCUT2D eigenvalue weighted by molar-refractivity contribution is -0.139. The second-order valence-corrected chi connectivity index (χ2v) is 11.2. The van der Waals surface area contributed by atoms with Crippen LogP contribution < -0.4 is 9.62 Å². The zero-order valence-electron chi connectivity index (χ0n) is 19.9. The molecule has 7 nitrogen and oxygen atoms in total. The van der Waals surface area contributed by atoms with Crippen molar-refractivity contribution in [3.8, 4) is 0 Å². The van der Waals surface area contributed by atoms with E-state index in [1.165, 1.54) is 17.0 Å². The van der Waals surface area contributed by atoms with Crippen molar-refractivity contribution in [2.75, 3.05) is 17.4 Å². The summed E-state index contributed by atoms with van der Waals surface area (Å²) in [5.74, 6) is -0.874. The Morgan fingerprint density at radius 3 is 2.33 bits per heavy atom. The number of carbonyl (C=O) groups excluding carboxylic acids is 2. The van der Waals surface area contributed by atoms with Crippen LogP contribution in [0.4, 0.5) is 5.69 Å². The zero-order valence-corrected chi connectivity index (χ0v) is 23.1. The van der Waals surface area contributed by atoms with Gasteiger partial charge in [0.15, 0.2) is 0 Å². The van der Waals surface area contributed by atoms with Gasteiger partial charge in [-0.05, 0) is 61.9 Å². The number of likely N-dealkylation sites (N-methyl/N-ethyl adjacent to an activating group) is 1. The summed E-state index contributed by atoms with van der Waals surface area (Å²) in [6.07, 6.45) is 0. The average molecular weight is 593 g/mol. The van der Waals surface area contributed by atoms with Gasteiger partial charge in [0.2, 0.25) is 11.8 Å². The molecule has 3 aromatic rings. The van der Waals surface area contributed by atoms with E-state index in [9.17, 15) is 18.0 Å². The Hall–Kier alpha value is -2.88. The topological polar surface area (TPSA) is 86.8 Å². The maximum Gasteiger partial charge on any atom is 0.264 e. The summed E-state index contributed by atoms with van der Waals surface area (Å²) in [7, 11) is -4.09. The molecule has 0 heterocycles. The Labute approximate surface area is 225 Å². The minimum absolute atomic E-state index is 0.0518. The lowest BCUT2D eigenvalue weighted by Gasteiger charge is -2.32. The summed E-state index contributed by atoms with van der Waals surface area (Å²) < 4.78 is 29.0. The van der Waals surface area contributed by atoms with Crippen molar-refractivity contribution in [3.05, 3.63) is 93.9 Å². The van der Waals surface area contributed by atoms with Crippen LogP contribution in [0.3, 0.4) is 0 Å². The molecule has 3 rings (SSSR count). The maximum absolute atomic E-state index is 13.7. The van der Waals surface area contributed by atoms with Crippen LogP contribution >= 0.6 is 27.5 Å². The fourth-order valence-corrected chi connectivity index (χ4v) is 5.64. The minimum atomic E-state index is -4.09. The smallest absolute Gasteiger partial charge is 0.264 e. The van der Waals surface area contributed by atoms with Gasteiger partial charge < -0.3 is 10.2 Å². The Morgan fingerprint density at radius 1 is 1.00 bits per heavy atom. The predicted molar refractivity (Wildman–Crippen MR) is 145 cm³/mol. The normalized spacial score (nSPS) is 12.0. The SMILES string of the molecule is CCNC(=O)C(C)N(Cc1cccc(Cl)c1)C(=O)CN(c1cccc(Br)c1)S(=O)(=O)c1ccccc1. The fraction of sp³-hybridized carbons (Fsp3) is 0.231. The summed E-state index contributed by atoms with van der Waals surface area (Å²) in [4.78, 5) is 27.8. The first kappa shape index (κ1) is 27.7. The highest BCUT2D eigenvalue weighted by Crippen LogP contribution is 2.27. The highest BCUT2D eigenvalue weighted by Gasteiger charge is 2.32. The van der Waals surface area contributed by atoms with E-state index in [0.29, 0.717) is 27.3 Å². The predicted octanol–water partition coefficient (Wildman–Crippen LogP) is 4.85. The van der Waals surface area contributed by atoms with Crippen LogP contribution in [0.1, 0.15) is 19.4 Å². The molecule has 0 bridgehead atoms. The molecule has 1 atom stereocenters. The molecular formula is C26H27BrClN3O4S. The molecule has 10 heteroatoms. The molecule has 0 aliphatic heterocycles. The number of rotatable bonds is 10. The molecule has 0 aromatic heterocycles. The van der Waals surface area contributed by atoms with Gasteiger partial charge in [-0.2, -0.15) is 0 Å². The Morgan fingerprint density at radius 2 is 1.69 bits per heavy atom. The molecule has 190 valence electrons. The number of anilines is 1. The zero-order chi connectivity index (χ0) is 26.3. The van der Waals surface area contributed by atoms with Gasteiger partial charge in [0, 0.05) is 22.6 Å². The van der Waals surface area contributed by atoms with E-state index in [4.69, 9.17) is 11.6 Å². The highest BCUT2D eigenvalue weighted by atomic mass is 79.9. The monoisotopic (exact) mass is 591 g/mol. The van der Waals surface area contributed by atoms with Crippen molar-refractivity contribution in [1.82, 2.24) is 10.2 Å². The Bertz CT molecular complexity index is 1320. The van der Waals surface area contributed by atoms with Crippen LogP contribution in [0.15, 0.2) is 88.2 Å². The Kier molecular flexibility index (Phi) is 9.53. The standard InChI is InChI=1S/C26H27BrClN3O4S/c1-3-29-26(33)19(2)30(17-20-9-7-11-22(28)15-20)25(32)18-31(23-12-8-10-21(27)16-23)36(34,35)24-13-5-4-6-14-24/h4-16,19H,3,17-18H2,1-2H3,(H,29,33). The van der Waals surface area contributed by atoms with Gasteiger partial charge in [-0.3, -0.25) is 13.9 Å². The number of benzene rings is 3. The molecule has 1 N–H and O–H groups in total. The average Bonchev–Trinajstić information content (AvgIpc) is 2.86. The first-order valence-electron chi connectivity index (χ1n) is 11.3. The number of sulfonamides is 1. The molecule has 0 saturated carbocycles. The van der Waals surface area contributed by atoms with Gasteiger partial charge >= 0.3 is 0 Å². The molecule has 0 aliphatic rings. The molecule has 0 saturated heterocycles. The molecular weight excluding hydrogens is 566 g/mol. The molecule has 3 aromatic carbocycles. The number of hydrogen-bond acceptors (Lipinski definition) is 4. The van der Waals surface area contributed by atoms with E-state index in [-0.39, 0.29) is 17.3 Å². The maximum atomic E-state index is 13.7. The second kappa shape index (κ2) is 12.4. The third-order valence-corrected chi connectivity index (χ3v) is 7.98. The van der Waals surface area contributed by atoms with Crippen molar-refractivity contribution in [3.63, 3.8) is 0 Å². The second-order valence-electron chi connectivity index (χ2n) is 8.03. The number of halogens is 2. The van der Waals surface area contributed by atoms with Crippen molar-refractivity contribution < 1.29 is 18.0 Å². The van der Waals surface area contributed by atoms with Crippen molar-refractivity contribution in [2.24, 2.45) is 0 Å². The summed E-state index contributed by atoms with van der Waals surface area (Å²) in [6, 6.07) is 20.7. The van der Waals surface area contributed by atoms with Gasteiger partial charge in [0.25, 0.3) is 10.0 Å². The largest absolute Gasteiger partial charge is 0.355 e. The molecule has 0 radical (unpaired) electrons. The van der Waals surface area contributed by atoms with E-state index >= 15 is 0 Å². The third-order valence-electron chi connectivity index (χ3n) is 5.47. The quantitative estimate of drug-likeness (QED) is 0.365. The van der Waals surface area contributed by atoms with E-state index in [1.807, 2.05) is 0 Å². The molecule has 36 heavy (non-hydrogen) atoms. The molecule has 0 fully saturated rings. The van der Waals surface area contributed by atoms with E-state index in [1.54, 1.807) is 80.6 Å². The number of nitrogens with one attached hydrogen (secondary N) is 1. The van der Waals surface area contributed by atoms with Crippen LogP contribution in [0.2, 0.25) is 5.02 Å². The fourth-order valence-electron chi connectivity index (χ4n) is 3.62. The van der Waals surface area contributed by atoms with E-state index < -0.39 is 28.5 Å². The first-order chi connectivity index (χ1) is 17.1. The first-order valence-corrected chi connectivity index (χ1v) is 13.9. The number of hydrogen-bond donors (Lipinski definition) is 1. The van der Waals surface area contributed by atoms with Crippen LogP contribution in [0.5, 0.6) is 0 Å². The van der Waals surface area contributed by atoms with Gasteiger partial charge in [-0.15, -0.1) is 0 Å². The van der Waals surface area contributed by atoms with Gasteiger partial charge in [-0.25, -0.2) is 8.42 Å². The number of amides is 2. The van der Waals surface area contributed by atoms with Crippen LogP contribution in [-0.2, 0) is 26.2 Å². The van der Waals surface area contributed by atoms with Crippen molar-refractivity contribution >= 4 is 55.1 Å². The van der Waals surface area contributed by atoms with E-state index in [0.717, 1.165) is 4.31 Å². The lowest BCUT2D eigenvalue weighted by atomic mass is 10.1. The molecule has 2 amide bonds. The summed E-state index contributed by atoms with van der Waals surface area (Å²) in [6.45, 7) is 3.38. The molecule has 1 unspecified atom stereocenters. The van der Waals surface area contributed by atoms with Gasteiger partial charge in [0.05, 0.1) is 10.6 Å². The highest BCUT2D eigenvalue weighted by molar-refractivity contribution is 9.10. The van der Waals surface area contributed by atoms with Crippen LogP contribution in [-0.4, -0.2) is 44.3 Å². The van der Waals surface area contributed by atoms with Crippen LogP contribution in [0.25, 0.3) is 0 Å². The number of nitrogens with zero attached hydrogens (tertiary/aromatic N) is 2. The van der Waals surface area contributed by atoms with Gasteiger partial charge in [-0.1, -0.05) is 63.9 Å². The van der Waals surface area contributed by atoms with Gasteiger partial charge in [0.1, 0.15) is 12.6 Å². The number of carbonyl (C=O) groups is 2. The van der Waals surface area contributed by atoms with Crippen molar-refractivity contribution in [1.29, 1.82) is 0 Å².